The number of aromatic nitrogens is 3. The summed E-state index contributed by atoms with van der Waals surface area (Å²) in [6.45, 7) is 1.89. The minimum Gasteiger partial charge on any atom is -0.506 e. The van der Waals surface area contributed by atoms with Gasteiger partial charge in [0.15, 0.2) is 0 Å². The molecule has 0 aliphatic heterocycles. The van der Waals surface area contributed by atoms with Crippen molar-refractivity contribution < 1.29 is 14.6 Å². The van der Waals surface area contributed by atoms with Crippen molar-refractivity contribution >= 4 is 22.6 Å². The molecule has 0 spiro atoms. The normalized spacial score (nSPS) is 11.6. The van der Waals surface area contributed by atoms with Crippen LogP contribution < -0.4 is 0 Å². The monoisotopic (exact) mass is 500 g/mol. The molecule has 38 heavy (non-hydrogen) atoms. The smallest absolute Gasteiger partial charge is 0.349 e. The third-order valence-corrected chi connectivity index (χ3v) is 6.07. The largest absolute Gasteiger partial charge is 0.506 e. The van der Waals surface area contributed by atoms with Gasteiger partial charge in [-0.15, -0.1) is 15.0 Å². The molecule has 1 heterocycles. The molecule has 0 unspecified atom stereocenters. The Morgan fingerprint density at radius 1 is 0.868 bits per heavy atom. The van der Waals surface area contributed by atoms with E-state index in [2.05, 4.69) is 16.3 Å². The van der Waals surface area contributed by atoms with Crippen molar-refractivity contribution in [1.82, 2.24) is 15.0 Å². The van der Waals surface area contributed by atoms with Gasteiger partial charge in [0.25, 0.3) is 0 Å². The van der Waals surface area contributed by atoms with E-state index >= 15 is 0 Å². The van der Waals surface area contributed by atoms with Crippen LogP contribution in [0.1, 0.15) is 29.2 Å². The molecule has 0 aliphatic rings. The fourth-order valence-corrected chi connectivity index (χ4v) is 4.35. The van der Waals surface area contributed by atoms with Crippen LogP contribution in [0.4, 0.5) is 0 Å². The van der Waals surface area contributed by atoms with Crippen LogP contribution in [0.5, 0.6) is 5.75 Å². The van der Waals surface area contributed by atoms with Gasteiger partial charge in [0.05, 0.1) is 6.61 Å². The van der Waals surface area contributed by atoms with Gasteiger partial charge < -0.3 is 9.84 Å². The van der Waals surface area contributed by atoms with Gasteiger partial charge in [-0.25, -0.2) is 4.79 Å². The Kier molecular flexibility index (Phi) is 6.96. The van der Waals surface area contributed by atoms with Crippen molar-refractivity contribution in [2.24, 2.45) is 0 Å². The Labute approximate surface area is 219 Å². The molecule has 5 aromatic rings. The summed E-state index contributed by atoms with van der Waals surface area (Å²) in [5.74, 6) is -0.577. The van der Waals surface area contributed by atoms with E-state index in [4.69, 9.17) is 4.74 Å². The summed E-state index contributed by atoms with van der Waals surface area (Å²) in [7, 11) is 0. The molecule has 1 N–H and O–H groups in total. The predicted octanol–water partition coefficient (Wildman–Crippen LogP) is 5.61. The molecule has 1 aromatic heterocycles. The van der Waals surface area contributed by atoms with E-state index in [1.807, 2.05) is 91.0 Å². The molecule has 0 atom stereocenters. The van der Waals surface area contributed by atoms with Crippen molar-refractivity contribution in [1.29, 1.82) is 5.26 Å². The van der Waals surface area contributed by atoms with Crippen molar-refractivity contribution in [2.75, 3.05) is 6.61 Å². The minimum atomic E-state index is -0.651. The molecule has 7 nitrogen and oxygen atoms in total. The number of hydrogen-bond acceptors (Lipinski definition) is 6. The quantitative estimate of drug-likeness (QED) is 0.177. The van der Waals surface area contributed by atoms with E-state index in [9.17, 15) is 15.2 Å². The molecule has 0 aliphatic carbocycles. The summed E-state index contributed by atoms with van der Waals surface area (Å²) < 4.78 is 5.18. The second-order valence-electron chi connectivity index (χ2n) is 8.63. The Balaban J connectivity index is 1.53. The van der Waals surface area contributed by atoms with E-state index in [0.717, 1.165) is 33.3 Å². The number of benzene rings is 4. The first-order valence-corrected chi connectivity index (χ1v) is 12.2. The molecule has 0 saturated heterocycles. The number of carbonyl (C=O) groups is 1. The minimum absolute atomic E-state index is 0.0426. The van der Waals surface area contributed by atoms with E-state index in [1.165, 1.54) is 4.80 Å². The molecular formula is C31H24N4O3. The first kappa shape index (κ1) is 24.5. The molecule has 4 aromatic carbocycles. The van der Waals surface area contributed by atoms with Crippen LogP contribution in [0.3, 0.4) is 0 Å². The SMILES string of the molecule is CCOC(=O)/C(C#N)=C(/c1ccccc1)c1cccc(Cc2ccc(O)c(-n3nc4ccccc4n3)c2)c1. The highest BCUT2D eigenvalue weighted by molar-refractivity contribution is 6.05. The molecule has 5 rings (SSSR count). The van der Waals surface area contributed by atoms with E-state index in [0.29, 0.717) is 17.7 Å². The molecule has 0 bridgehead atoms. The van der Waals surface area contributed by atoms with Crippen LogP contribution in [0.25, 0.3) is 22.3 Å². The highest BCUT2D eigenvalue weighted by Gasteiger charge is 2.20. The van der Waals surface area contributed by atoms with Crippen LogP contribution >= 0.6 is 0 Å². The van der Waals surface area contributed by atoms with Gasteiger partial charge in [-0.05, 0) is 59.9 Å². The standard InChI is InChI=1S/C31H24N4O3/c1-2-38-31(37)25(20-32)30(23-10-4-3-5-11-23)24-12-8-9-21(18-24)17-22-15-16-29(36)28(19-22)35-33-26-13-6-7-14-27(26)34-35/h3-16,18-19,36H,2,17H2,1H3/b30-25-. The summed E-state index contributed by atoms with van der Waals surface area (Å²) in [6.07, 6.45) is 0.547. The second-order valence-corrected chi connectivity index (χ2v) is 8.63. The highest BCUT2D eigenvalue weighted by atomic mass is 16.5. The molecule has 186 valence electrons. The summed E-state index contributed by atoms with van der Waals surface area (Å²) in [4.78, 5) is 14.1. The predicted molar refractivity (Wildman–Crippen MR) is 144 cm³/mol. The zero-order valence-corrected chi connectivity index (χ0v) is 20.7. The second kappa shape index (κ2) is 10.8. The number of ether oxygens (including phenoxy) is 1. The van der Waals surface area contributed by atoms with Crippen LogP contribution in [-0.2, 0) is 16.0 Å². The van der Waals surface area contributed by atoms with Crippen molar-refractivity contribution in [3.05, 3.63) is 125 Å². The maximum Gasteiger partial charge on any atom is 0.349 e. The molecule has 0 saturated carbocycles. The van der Waals surface area contributed by atoms with Gasteiger partial charge in [-0.2, -0.15) is 5.26 Å². The van der Waals surface area contributed by atoms with Crippen LogP contribution in [0.15, 0.2) is 103 Å². The number of fused-ring (bicyclic) bond motifs is 1. The van der Waals surface area contributed by atoms with E-state index in [1.54, 1.807) is 13.0 Å². The molecule has 7 heteroatoms. The topological polar surface area (TPSA) is 101 Å². The summed E-state index contributed by atoms with van der Waals surface area (Å²) >= 11 is 0. The van der Waals surface area contributed by atoms with Gasteiger partial charge in [0, 0.05) is 5.57 Å². The molecular weight excluding hydrogens is 476 g/mol. The number of phenolic OH excluding ortho intramolecular Hbond substituents is 1. The summed E-state index contributed by atoms with van der Waals surface area (Å²) in [5.41, 5.74) is 5.82. The number of nitrogens with zero attached hydrogens (tertiary/aromatic N) is 4. The van der Waals surface area contributed by atoms with Gasteiger partial charge in [0.2, 0.25) is 0 Å². The number of phenols is 1. The fourth-order valence-electron chi connectivity index (χ4n) is 4.35. The number of esters is 1. The molecule has 0 amide bonds. The number of nitriles is 1. The Morgan fingerprint density at radius 3 is 2.21 bits per heavy atom. The van der Waals surface area contributed by atoms with Gasteiger partial charge in [0.1, 0.15) is 34.1 Å². The Bertz CT molecular complexity index is 1660. The fraction of sp³-hybridized carbons (Fsp3) is 0.0968. The number of hydrogen-bond donors (Lipinski definition) is 1. The third-order valence-electron chi connectivity index (χ3n) is 6.07. The molecule has 0 fully saturated rings. The van der Waals surface area contributed by atoms with Crippen molar-refractivity contribution in [2.45, 2.75) is 13.3 Å². The number of carbonyl (C=O) groups excluding carboxylic acids is 1. The zero-order valence-electron chi connectivity index (χ0n) is 20.7. The maximum atomic E-state index is 12.7. The van der Waals surface area contributed by atoms with Crippen molar-refractivity contribution in [3.63, 3.8) is 0 Å². The van der Waals surface area contributed by atoms with Crippen LogP contribution in [0, 0.1) is 11.3 Å². The number of rotatable bonds is 7. The average molecular weight is 501 g/mol. The van der Waals surface area contributed by atoms with Gasteiger partial charge in [-0.1, -0.05) is 72.8 Å². The lowest BCUT2D eigenvalue weighted by Crippen LogP contribution is -2.09. The third kappa shape index (κ3) is 5.01. The summed E-state index contributed by atoms with van der Waals surface area (Å²) in [6, 6.07) is 32.0. The lowest BCUT2D eigenvalue weighted by Gasteiger charge is -2.13. The summed E-state index contributed by atoms with van der Waals surface area (Å²) in [5, 5.41) is 29.4. The Morgan fingerprint density at radius 2 is 1.53 bits per heavy atom. The first-order chi connectivity index (χ1) is 18.6. The highest BCUT2D eigenvalue weighted by Crippen LogP contribution is 2.30. The number of aromatic hydroxyl groups is 1. The van der Waals surface area contributed by atoms with Crippen LogP contribution in [-0.4, -0.2) is 32.7 Å². The lowest BCUT2D eigenvalue weighted by atomic mass is 9.91. The van der Waals surface area contributed by atoms with Crippen molar-refractivity contribution in [3.8, 4) is 17.5 Å². The Hall–Kier alpha value is -5.22. The first-order valence-electron chi connectivity index (χ1n) is 12.2. The van der Waals surface area contributed by atoms with E-state index < -0.39 is 5.97 Å². The molecule has 0 radical (unpaired) electrons. The van der Waals surface area contributed by atoms with Crippen LogP contribution in [0.2, 0.25) is 0 Å². The van der Waals surface area contributed by atoms with Gasteiger partial charge in [-0.3, -0.25) is 0 Å². The average Bonchev–Trinajstić information content (AvgIpc) is 3.37. The zero-order chi connectivity index (χ0) is 26.5. The van der Waals surface area contributed by atoms with E-state index in [-0.39, 0.29) is 17.9 Å². The van der Waals surface area contributed by atoms with Gasteiger partial charge >= 0.3 is 5.97 Å². The lowest BCUT2D eigenvalue weighted by molar-refractivity contribution is -0.137. The maximum absolute atomic E-state index is 12.7.